The third kappa shape index (κ3) is 4.22. The van der Waals surface area contributed by atoms with Crippen LogP contribution in [0.3, 0.4) is 0 Å². The predicted octanol–water partition coefficient (Wildman–Crippen LogP) is 0.354. The molecule has 1 amide bonds. The predicted molar refractivity (Wildman–Crippen MR) is 94.9 cm³/mol. The average molecular weight is 444 g/mol. The van der Waals surface area contributed by atoms with Crippen molar-refractivity contribution in [3.05, 3.63) is 53.9 Å². The van der Waals surface area contributed by atoms with E-state index in [9.17, 15) is 19.2 Å². The van der Waals surface area contributed by atoms with Gasteiger partial charge in [0.15, 0.2) is 12.3 Å². The standard InChI is InChI=1S/C14H13IN4O5/c1-6-4-7(15)2-3-8(6)17-9(20)5-24-13(22)11-10(16)12(21)19-14(23)18-11/h2-4H,5,16H2,1H3,(H,17,20)(H2,18,19,21,23). The average Bonchev–Trinajstić information content (AvgIpc) is 2.51. The van der Waals surface area contributed by atoms with Gasteiger partial charge in [-0.1, -0.05) is 0 Å². The van der Waals surface area contributed by atoms with Crippen LogP contribution in [0.4, 0.5) is 11.4 Å². The van der Waals surface area contributed by atoms with E-state index in [1.165, 1.54) is 0 Å². The monoisotopic (exact) mass is 444 g/mol. The van der Waals surface area contributed by atoms with Crippen LogP contribution >= 0.6 is 22.6 Å². The lowest BCUT2D eigenvalue weighted by Gasteiger charge is -2.09. The Morgan fingerprint density at radius 1 is 1.29 bits per heavy atom. The Morgan fingerprint density at radius 3 is 2.67 bits per heavy atom. The van der Waals surface area contributed by atoms with Gasteiger partial charge in [-0.05, 0) is 53.3 Å². The molecule has 10 heteroatoms. The first-order chi connectivity index (χ1) is 11.3. The van der Waals surface area contributed by atoms with E-state index in [4.69, 9.17) is 10.5 Å². The summed E-state index contributed by atoms with van der Waals surface area (Å²) in [5.41, 5.74) is 4.03. The number of ether oxygens (including phenoxy) is 1. The molecule has 24 heavy (non-hydrogen) atoms. The van der Waals surface area contributed by atoms with Gasteiger partial charge < -0.3 is 15.8 Å². The molecule has 0 saturated carbocycles. The highest BCUT2D eigenvalue weighted by Gasteiger charge is 2.17. The van der Waals surface area contributed by atoms with Crippen LogP contribution in [0.25, 0.3) is 0 Å². The van der Waals surface area contributed by atoms with Crippen molar-refractivity contribution in [2.24, 2.45) is 0 Å². The topological polar surface area (TPSA) is 147 Å². The third-order valence-electron chi connectivity index (χ3n) is 2.98. The Labute approximate surface area is 148 Å². The lowest BCUT2D eigenvalue weighted by Crippen LogP contribution is -2.30. The minimum atomic E-state index is -1.08. The van der Waals surface area contributed by atoms with Crippen LogP contribution in [0.15, 0.2) is 27.8 Å². The number of halogens is 1. The quantitative estimate of drug-likeness (QED) is 0.396. The number of anilines is 2. The molecule has 0 fully saturated rings. The molecule has 0 spiro atoms. The van der Waals surface area contributed by atoms with Gasteiger partial charge in [-0.2, -0.15) is 0 Å². The lowest BCUT2D eigenvalue weighted by molar-refractivity contribution is -0.119. The molecule has 0 aliphatic heterocycles. The van der Waals surface area contributed by atoms with Crippen molar-refractivity contribution < 1.29 is 14.3 Å². The molecule has 0 bridgehead atoms. The highest BCUT2D eigenvalue weighted by molar-refractivity contribution is 14.1. The van der Waals surface area contributed by atoms with Crippen molar-refractivity contribution in [2.75, 3.05) is 17.7 Å². The van der Waals surface area contributed by atoms with E-state index in [-0.39, 0.29) is 0 Å². The number of hydrogen-bond donors (Lipinski definition) is 4. The van der Waals surface area contributed by atoms with E-state index in [0.717, 1.165) is 9.13 Å². The summed E-state index contributed by atoms with van der Waals surface area (Å²) >= 11 is 2.14. The zero-order valence-electron chi connectivity index (χ0n) is 12.4. The maximum atomic E-state index is 11.8. The van der Waals surface area contributed by atoms with Crippen LogP contribution in [0.5, 0.6) is 0 Å². The van der Waals surface area contributed by atoms with Crippen molar-refractivity contribution >= 4 is 45.8 Å². The molecule has 0 saturated heterocycles. The third-order valence-corrected chi connectivity index (χ3v) is 3.65. The molecule has 126 valence electrons. The van der Waals surface area contributed by atoms with Crippen molar-refractivity contribution in [1.82, 2.24) is 9.97 Å². The molecule has 1 aromatic carbocycles. The van der Waals surface area contributed by atoms with Crippen LogP contribution in [-0.2, 0) is 9.53 Å². The Bertz CT molecular complexity index is 918. The molecule has 0 aliphatic carbocycles. The molecular weight excluding hydrogens is 431 g/mol. The van der Waals surface area contributed by atoms with Gasteiger partial charge in [-0.25, -0.2) is 9.59 Å². The van der Waals surface area contributed by atoms with E-state index in [2.05, 4.69) is 32.9 Å². The van der Waals surface area contributed by atoms with Crippen molar-refractivity contribution in [2.45, 2.75) is 6.92 Å². The number of nitrogen functional groups attached to an aromatic ring is 1. The number of aromatic amines is 2. The number of carbonyl (C=O) groups is 2. The normalized spacial score (nSPS) is 10.2. The fourth-order valence-electron chi connectivity index (χ4n) is 1.81. The van der Waals surface area contributed by atoms with Gasteiger partial charge in [0.05, 0.1) is 0 Å². The number of benzene rings is 1. The first-order valence-electron chi connectivity index (χ1n) is 6.63. The molecule has 2 aromatic rings. The Hall–Kier alpha value is -2.63. The number of H-pyrrole nitrogens is 2. The highest BCUT2D eigenvalue weighted by Crippen LogP contribution is 2.17. The molecule has 0 radical (unpaired) electrons. The summed E-state index contributed by atoms with van der Waals surface area (Å²) in [5, 5.41) is 2.59. The molecule has 1 aromatic heterocycles. The van der Waals surface area contributed by atoms with Gasteiger partial charge in [0.1, 0.15) is 5.69 Å². The number of nitrogens with one attached hydrogen (secondary N) is 3. The van der Waals surface area contributed by atoms with Gasteiger partial charge in [-0.3, -0.25) is 19.6 Å². The second-order valence-corrected chi connectivity index (χ2v) is 6.03. The van der Waals surface area contributed by atoms with E-state index >= 15 is 0 Å². The number of hydrogen-bond acceptors (Lipinski definition) is 6. The summed E-state index contributed by atoms with van der Waals surface area (Å²) in [4.78, 5) is 50.1. The number of esters is 1. The van der Waals surface area contributed by atoms with Crippen LogP contribution < -0.4 is 22.3 Å². The number of aryl methyl sites for hydroxylation is 1. The first-order valence-corrected chi connectivity index (χ1v) is 7.71. The Balaban J connectivity index is 2.03. The molecule has 1 heterocycles. The van der Waals surface area contributed by atoms with Gasteiger partial charge >= 0.3 is 11.7 Å². The summed E-state index contributed by atoms with van der Waals surface area (Å²) in [6.45, 7) is 1.23. The number of carbonyl (C=O) groups excluding carboxylic acids is 2. The van der Waals surface area contributed by atoms with E-state index in [1.807, 2.05) is 24.0 Å². The van der Waals surface area contributed by atoms with Gasteiger partial charge in [0.25, 0.3) is 11.5 Å². The molecule has 0 atom stereocenters. The summed E-state index contributed by atoms with van der Waals surface area (Å²) < 4.78 is 5.78. The van der Waals surface area contributed by atoms with Crippen molar-refractivity contribution in [1.29, 1.82) is 0 Å². The molecule has 0 aliphatic rings. The summed E-state index contributed by atoms with van der Waals surface area (Å²) in [7, 11) is 0. The number of rotatable bonds is 4. The van der Waals surface area contributed by atoms with E-state index in [0.29, 0.717) is 5.69 Å². The van der Waals surface area contributed by atoms with E-state index < -0.39 is 41.1 Å². The number of nitrogens with two attached hydrogens (primary N) is 1. The zero-order chi connectivity index (χ0) is 17.9. The van der Waals surface area contributed by atoms with Crippen LogP contribution in [0.2, 0.25) is 0 Å². The minimum absolute atomic E-state index is 0.492. The number of amides is 1. The second kappa shape index (κ2) is 7.29. The van der Waals surface area contributed by atoms with Crippen molar-refractivity contribution in [3.63, 3.8) is 0 Å². The largest absolute Gasteiger partial charge is 0.451 e. The van der Waals surface area contributed by atoms with Crippen LogP contribution in [-0.4, -0.2) is 28.5 Å². The minimum Gasteiger partial charge on any atom is -0.451 e. The van der Waals surface area contributed by atoms with Gasteiger partial charge in [0, 0.05) is 9.26 Å². The fourth-order valence-corrected chi connectivity index (χ4v) is 2.46. The van der Waals surface area contributed by atoms with Crippen LogP contribution in [0, 0.1) is 10.5 Å². The SMILES string of the molecule is Cc1cc(I)ccc1NC(=O)COC(=O)c1[nH]c(=O)[nH]c(=O)c1N. The van der Waals surface area contributed by atoms with Gasteiger partial charge in [-0.15, -0.1) is 0 Å². The highest BCUT2D eigenvalue weighted by atomic mass is 127. The maximum absolute atomic E-state index is 11.8. The zero-order valence-corrected chi connectivity index (χ0v) is 14.6. The molecule has 5 N–H and O–H groups in total. The maximum Gasteiger partial charge on any atom is 0.357 e. The second-order valence-electron chi connectivity index (χ2n) is 4.78. The molecule has 9 nitrogen and oxygen atoms in total. The van der Waals surface area contributed by atoms with Crippen LogP contribution in [0.1, 0.15) is 16.1 Å². The van der Waals surface area contributed by atoms with Crippen molar-refractivity contribution in [3.8, 4) is 0 Å². The molecule has 0 unspecified atom stereocenters. The smallest absolute Gasteiger partial charge is 0.357 e. The van der Waals surface area contributed by atoms with E-state index in [1.54, 1.807) is 6.07 Å². The molecule has 2 rings (SSSR count). The summed E-state index contributed by atoms with van der Waals surface area (Å²) in [6, 6.07) is 5.42. The van der Waals surface area contributed by atoms with Gasteiger partial charge in [0.2, 0.25) is 0 Å². The first kappa shape index (κ1) is 17.7. The summed E-state index contributed by atoms with van der Waals surface area (Å²) in [5.74, 6) is -1.65. The Kier molecular flexibility index (Phi) is 5.39. The lowest BCUT2D eigenvalue weighted by atomic mass is 10.2. The fraction of sp³-hybridized carbons (Fsp3) is 0.143. The summed E-state index contributed by atoms with van der Waals surface area (Å²) in [6.07, 6.45) is 0. The molecular formula is C14H13IN4O5. The Morgan fingerprint density at radius 2 is 2.00 bits per heavy atom. The number of aromatic nitrogens is 2.